The zero-order valence-electron chi connectivity index (χ0n) is 34.8. The number of nitrogens with one attached hydrogen (secondary N) is 3. The summed E-state index contributed by atoms with van der Waals surface area (Å²) in [5.41, 5.74) is 5.35. The largest absolute Gasteiger partial charge is 0.504 e. The number of rotatable bonds is 26. The quantitative estimate of drug-likeness (QED) is 0.0328. The molecule has 0 saturated heterocycles. The highest BCUT2D eigenvalue weighted by atomic mass is 16.5. The monoisotopic (exact) mass is 807 g/mol. The molecule has 8 nitrogen and oxygen atoms in total. The summed E-state index contributed by atoms with van der Waals surface area (Å²) in [6.07, 6.45) is 13.4. The fraction of sp³-hybridized carbons (Fsp3) is 0.327. The van der Waals surface area contributed by atoms with Gasteiger partial charge in [-0.05, 0) is 58.9 Å². The average Bonchev–Trinajstić information content (AvgIpc) is 3.29. The van der Waals surface area contributed by atoms with Crippen LogP contribution in [-0.2, 0) is 14.4 Å². The highest BCUT2D eigenvalue weighted by Crippen LogP contribution is 2.28. The summed E-state index contributed by atoms with van der Waals surface area (Å²) in [7, 11) is 0. The molecule has 3 amide bonds. The minimum absolute atomic E-state index is 0.0439. The average molecular weight is 808 g/mol. The Hall–Kier alpha value is -6.15. The molecule has 0 bridgehead atoms. The van der Waals surface area contributed by atoms with Gasteiger partial charge in [-0.1, -0.05) is 172 Å². The number of phenolic OH excluding ortho intramolecular Hbond substituents is 1. The Kier molecular flexibility index (Phi) is 19.5. The first-order chi connectivity index (χ1) is 29.5. The van der Waals surface area contributed by atoms with E-state index in [0.717, 1.165) is 66.3 Å². The minimum atomic E-state index is -0.186. The summed E-state index contributed by atoms with van der Waals surface area (Å²) in [4.78, 5) is 37.7. The van der Waals surface area contributed by atoms with Gasteiger partial charge >= 0.3 is 0 Å². The van der Waals surface area contributed by atoms with Crippen molar-refractivity contribution in [2.75, 3.05) is 26.2 Å². The van der Waals surface area contributed by atoms with Crippen molar-refractivity contribution in [3.63, 3.8) is 0 Å². The standard InChI is InChI=1S/C52H61N3O5/c56-48-32-30-41(31-33-51(58)54-39-46(42-22-12-8-13-23-42)43-24-14-9-15-25-43)38-49(48)60-37-21-7-5-3-1-2-4-6-20-36-53-50(57)34-35-52(59)55-40-47(44-26-16-10-17-27-44)45-28-18-11-19-29-45/h8-19,22-33,38,46-47,56H,1-7,20-21,34-37,39-40H2,(H,53,57)(H,54,58)(H,55,59)/b33-31+. The molecule has 0 radical (unpaired) electrons. The first-order valence-electron chi connectivity index (χ1n) is 21.6. The van der Waals surface area contributed by atoms with Gasteiger partial charge in [-0.15, -0.1) is 0 Å². The Balaban J connectivity index is 0.863. The summed E-state index contributed by atoms with van der Waals surface area (Å²) in [6.45, 7) is 2.11. The van der Waals surface area contributed by atoms with Gasteiger partial charge in [0.15, 0.2) is 11.5 Å². The lowest BCUT2D eigenvalue weighted by Crippen LogP contribution is -2.31. The smallest absolute Gasteiger partial charge is 0.244 e. The Morgan fingerprint density at radius 1 is 0.517 bits per heavy atom. The molecule has 5 aromatic rings. The molecule has 4 N–H and O–H groups in total. The van der Waals surface area contributed by atoms with Gasteiger partial charge in [0.05, 0.1) is 6.61 Å². The molecule has 5 rings (SSSR count). The number of hydrogen-bond donors (Lipinski definition) is 4. The molecule has 60 heavy (non-hydrogen) atoms. The van der Waals surface area contributed by atoms with Crippen LogP contribution in [0.3, 0.4) is 0 Å². The molecule has 0 heterocycles. The summed E-state index contributed by atoms with van der Waals surface area (Å²) >= 11 is 0. The summed E-state index contributed by atoms with van der Waals surface area (Å²) < 4.78 is 5.90. The van der Waals surface area contributed by atoms with E-state index in [1.54, 1.807) is 24.3 Å². The van der Waals surface area contributed by atoms with E-state index in [1.807, 2.05) is 72.8 Å². The van der Waals surface area contributed by atoms with Crippen LogP contribution in [0.25, 0.3) is 6.08 Å². The van der Waals surface area contributed by atoms with Crippen molar-refractivity contribution in [1.29, 1.82) is 0 Å². The van der Waals surface area contributed by atoms with E-state index in [4.69, 9.17) is 4.74 Å². The third-order valence-electron chi connectivity index (χ3n) is 10.7. The molecular weight excluding hydrogens is 747 g/mol. The number of unbranched alkanes of at least 4 members (excludes halogenated alkanes) is 8. The van der Waals surface area contributed by atoms with Crippen LogP contribution in [-0.4, -0.2) is 49.1 Å². The molecule has 8 heteroatoms. The maximum absolute atomic E-state index is 12.8. The molecule has 0 saturated carbocycles. The van der Waals surface area contributed by atoms with Crippen molar-refractivity contribution < 1.29 is 24.2 Å². The molecular formula is C52H61N3O5. The van der Waals surface area contributed by atoms with Gasteiger partial charge in [0.25, 0.3) is 0 Å². The second kappa shape index (κ2) is 26.1. The van der Waals surface area contributed by atoms with Crippen molar-refractivity contribution >= 4 is 23.8 Å². The zero-order valence-corrected chi connectivity index (χ0v) is 34.8. The molecule has 0 aromatic heterocycles. The molecule has 0 aliphatic heterocycles. The third-order valence-corrected chi connectivity index (χ3v) is 10.7. The third kappa shape index (κ3) is 16.2. The Labute approximate surface area is 356 Å². The first kappa shape index (κ1) is 44.9. The Morgan fingerprint density at radius 3 is 1.45 bits per heavy atom. The number of carbonyl (C=O) groups excluding carboxylic acids is 3. The van der Waals surface area contributed by atoms with Crippen LogP contribution in [0.5, 0.6) is 11.5 Å². The van der Waals surface area contributed by atoms with E-state index < -0.39 is 0 Å². The van der Waals surface area contributed by atoms with Crippen molar-refractivity contribution in [3.8, 4) is 11.5 Å². The van der Waals surface area contributed by atoms with Crippen LogP contribution in [0.4, 0.5) is 0 Å². The van der Waals surface area contributed by atoms with Crippen LogP contribution in [0.15, 0.2) is 146 Å². The van der Waals surface area contributed by atoms with E-state index in [1.165, 1.54) is 25.3 Å². The summed E-state index contributed by atoms with van der Waals surface area (Å²) in [5, 5.41) is 19.4. The number of aromatic hydroxyl groups is 1. The lowest BCUT2D eigenvalue weighted by Gasteiger charge is -2.19. The Bertz CT molecular complexity index is 1940. The second-order valence-corrected chi connectivity index (χ2v) is 15.2. The lowest BCUT2D eigenvalue weighted by atomic mass is 9.91. The number of benzene rings is 5. The van der Waals surface area contributed by atoms with Crippen LogP contribution >= 0.6 is 0 Å². The number of phenols is 1. The zero-order chi connectivity index (χ0) is 42.0. The molecule has 0 spiro atoms. The predicted molar refractivity (Wildman–Crippen MR) is 242 cm³/mol. The van der Waals surface area contributed by atoms with Gasteiger partial charge in [0.2, 0.25) is 17.7 Å². The fourth-order valence-corrected chi connectivity index (χ4v) is 7.28. The molecule has 0 atom stereocenters. The number of amides is 3. The van der Waals surface area contributed by atoms with Crippen LogP contribution in [0.2, 0.25) is 0 Å². The van der Waals surface area contributed by atoms with E-state index in [9.17, 15) is 19.5 Å². The number of ether oxygens (including phenoxy) is 1. The number of carbonyl (C=O) groups is 3. The first-order valence-corrected chi connectivity index (χ1v) is 21.6. The molecule has 0 aliphatic rings. The maximum Gasteiger partial charge on any atom is 0.244 e. The van der Waals surface area contributed by atoms with Gasteiger partial charge in [0, 0.05) is 50.4 Å². The highest BCUT2D eigenvalue weighted by Gasteiger charge is 2.17. The van der Waals surface area contributed by atoms with E-state index in [2.05, 4.69) is 64.5 Å². The minimum Gasteiger partial charge on any atom is -0.504 e. The highest BCUT2D eigenvalue weighted by molar-refractivity contribution is 5.91. The lowest BCUT2D eigenvalue weighted by molar-refractivity contribution is -0.126. The Morgan fingerprint density at radius 2 is 0.950 bits per heavy atom. The van der Waals surface area contributed by atoms with Gasteiger partial charge < -0.3 is 25.8 Å². The van der Waals surface area contributed by atoms with E-state index >= 15 is 0 Å². The summed E-state index contributed by atoms with van der Waals surface area (Å²) in [6, 6.07) is 45.8. The van der Waals surface area contributed by atoms with Crippen molar-refractivity contribution in [1.82, 2.24) is 16.0 Å². The molecule has 0 aliphatic carbocycles. The van der Waals surface area contributed by atoms with Crippen LogP contribution in [0.1, 0.15) is 110 Å². The molecule has 0 unspecified atom stereocenters. The van der Waals surface area contributed by atoms with Crippen LogP contribution in [0, 0.1) is 0 Å². The van der Waals surface area contributed by atoms with Gasteiger partial charge in [0.1, 0.15) is 0 Å². The SMILES string of the molecule is O=C(/C=C/c1ccc(O)c(OCCCCCCCCCCCNC(=O)CCC(=O)NCC(c2ccccc2)c2ccccc2)c1)NCC(c1ccccc1)c1ccccc1. The topological polar surface area (TPSA) is 117 Å². The molecule has 5 aromatic carbocycles. The van der Waals surface area contributed by atoms with Gasteiger partial charge in [-0.2, -0.15) is 0 Å². The van der Waals surface area contributed by atoms with Crippen molar-refractivity contribution in [2.24, 2.45) is 0 Å². The van der Waals surface area contributed by atoms with Crippen molar-refractivity contribution in [3.05, 3.63) is 173 Å². The maximum atomic E-state index is 12.8. The second-order valence-electron chi connectivity index (χ2n) is 15.2. The van der Waals surface area contributed by atoms with Crippen LogP contribution < -0.4 is 20.7 Å². The van der Waals surface area contributed by atoms with Crippen molar-refractivity contribution in [2.45, 2.75) is 82.5 Å². The van der Waals surface area contributed by atoms with E-state index in [-0.39, 0.29) is 48.1 Å². The molecule has 0 fully saturated rings. The summed E-state index contributed by atoms with van der Waals surface area (Å²) in [5.74, 6) is 0.221. The molecule has 314 valence electrons. The fourth-order valence-electron chi connectivity index (χ4n) is 7.28. The van der Waals surface area contributed by atoms with Gasteiger partial charge in [-0.25, -0.2) is 0 Å². The normalized spacial score (nSPS) is 11.2. The number of hydrogen-bond acceptors (Lipinski definition) is 5. The predicted octanol–water partition coefficient (Wildman–Crippen LogP) is 10.1. The van der Waals surface area contributed by atoms with Gasteiger partial charge in [-0.3, -0.25) is 14.4 Å². The van der Waals surface area contributed by atoms with E-state index in [0.29, 0.717) is 32.0 Å².